The van der Waals surface area contributed by atoms with Gasteiger partial charge in [0, 0.05) is 32.4 Å². The summed E-state index contributed by atoms with van der Waals surface area (Å²) < 4.78 is 0. The van der Waals surface area contributed by atoms with Gasteiger partial charge in [0.1, 0.15) is 5.69 Å². The van der Waals surface area contributed by atoms with Crippen molar-refractivity contribution in [3.05, 3.63) is 40.6 Å². The second-order valence-corrected chi connectivity index (χ2v) is 10.2. The Hall–Kier alpha value is -2.70. The van der Waals surface area contributed by atoms with E-state index < -0.39 is 0 Å². The number of nitro groups is 1. The van der Waals surface area contributed by atoms with Crippen LogP contribution in [0.1, 0.15) is 38.5 Å². The molecule has 2 heterocycles. The number of hydrogen-bond acceptors (Lipinski definition) is 5. The zero-order valence-electron chi connectivity index (χ0n) is 17.7. The number of aromatic nitrogens is 1. The molecule has 4 bridgehead atoms. The van der Waals surface area contributed by atoms with Crippen LogP contribution in [0.25, 0.3) is 10.9 Å². The van der Waals surface area contributed by atoms with Crippen molar-refractivity contribution in [2.24, 2.45) is 23.2 Å². The molecule has 4 saturated carbocycles. The van der Waals surface area contributed by atoms with Crippen molar-refractivity contribution in [1.29, 1.82) is 0 Å². The third-order valence-corrected chi connectivity index (χ3v) is 8.32. The van der Waals surface area contributed by atoms with Gasteiger partial charge in [0.05, 0.1) is 21.2 Å². The highest BCUT2D eigenvalue weighted by Gasteiger charge is 2.55. The van der Waals surface area contributed by atoms with Crippen LogP contribution in [0.15, 0.2) is 30.5 Å². The number of carbonyl (C=O) groups excluding carboxylic acids is 1. The van der Waals surface area contributed by atoms with Gasteiger partial charge in [0.25, 0.3) is 0 Å². The van der Waals surface area contributed by atoms with Crippen LogP contribution in [0.4, 0.5) is 11.4 Å². The van der Waals surface area contributed by atoms with Crippen LogP contribution < -0.4 is 4.90 Å². The Bertz CT molecular complexity index is 1020. The summed E-state index contributed by atoms with van der Waals surface area (Å²) in [6.07, 6.45) is 8.91. The number of rotatable bonds is 3. The fraction of sp³-hybridized carbons (Fsp3) is 0.583. The normalized spacial score (nSPS) is 31.9. The van der Waals surface area contributed by atoms with Crippen molar-refractivity contribution < 1.29 is 9.72 Å². The summed E-state index contributed by atoms with van der Waals surface area (Å²) in [4.78, 5) is 33.6. The SMILES string of the molecule is O=C(N1CCN(c2ccc3ncccc3c2[N+](=O)[O-])CC1)C12CC3CC(CC(C3)C1)C2. The van der Waals surface area contributed by atoms with Gasteiger partial charge < -0.3 is 9.80 Å². The quantitative estimate of drug-likeness (QED) is 0.554. The molecular formula is C24H28N4O3. The predicted molar refractivity (Wildman–Crippen MR) is 118 cm³/mol. The molecule has 162 valence electrons. The fourth-order valence-electron chi connectivity index (χ4n) is 7.43. The molecule has 5 fully saturated rings. The highest BCUT2D eigenvalue weighted by molar-refractivity contribution is 5.94. The zero-order chi connectivity index (χ0) is 21.2. The molecule has 1 aromatic heterocycles. The minimum atomic E-state index is -0.299. The van der Waals surface area contributed by atoms with Gasteiger partial charge in [0.2, 0.25) is 5.91 Å². The lowest BCUT2D eigenvalue weighted by atomic mass is 9.49. The third kappa shape index (κ3) is 3.00. The molecule has 0 radical (unpaired) electrons. The van der Waals surface area contributed by atoms with Gasteiger partial charge in [-0.15, -0.1) is 0 Å². The second-order valence-electron chi connectivity index (χ2n) is 10.2. The molecule has 7 rings (SSSR count). The lowest BCUT2D eigenvalue weighted by Gasteiger charge is -2.57. The van der Waals surface area contributed by atoms with E-state index in [1.165, 1.54) is 19.3 Å². The maximum absolute atomic E-state index is 13.6. The first-order chi connectivity index (χ1) is 15.0. The Balaban J connectivity index is 1.22. The van der Waals surface area contributed by atoms with E-state index in [0.29, 0.717) is 48.7 Å². The smallest absolute Gasteiger partial charge is 0.301 e. The van der Waals surface area contributed by atoms with E-state index >= 15 is 0 Å². The Kier molecular flexibility index (Phi) is 4.24. The molecule has 31 heavy (non-hydrogen) atoms. The summed E-state index contributed by atoms with van der Waals surface area (Å²) in [5.74, 6) is 2.63. The number of benzene rings is 1. The van der Waals surface area contributed by atoms with Crippen molar-refractivity contribution in [3.8, 4) is 0 Å². The molecule has 1 aliphatic heterocycles. The number of hydrogen-bond donors (Lipinski definition) is 0. The third-order valence-electron chi connectivity index (χ3n) is 8.32. The van der Waals surface area contributed by atoms with E-state index in [4.69, 9.17) is 0 Å². The van der Waals surface area contributed by atoms with E-state index in [-0.39, 0.29) is 16.0 Å². The van der Waals surface area contributed by atoms with Crippen LogP contribution in [-0.4, -0.2) is 46.9 Å². The maximum atomic E-state index is 13.6. The average molecular weight is 421 g/mol. The summed E-state index contributed by atoms with van der Waals surface area (Å²) in [6.45, 7) is 2.54. The molecule has 0 atom stereocenters. The first kappa shape index (κ1) is 19.0. The van der Waals surface area contributed by atoms with Gasteiger partial charge in [-0.3, -0.25) is 19.9 Å². The number of nitro benzene ring substituents is 1. The topological polar surface area (TPSA) is 79.6 Å². The van der Waals surface area contributed by atoms with E-state index in [0.717, 1.165) is 37.0 Å². The van der Waals surface area contributed by atoms with E-state index in [1.54, 1.807) is 18.3 Å². The Labute approximate surface area is 181 Å². The van der Waals surface area contributed by atoms with Gasteiger partial charge in [-0.2, -0.15) is 0 Å². The van der Waals surface area contributed by atoms with Crippen LogP contribution >= 0.6 is 0 Å². The summed E-state index contributed by atoms with van der Waals surface area (Å²) >= 11 is 0. The summed E-state index contributed by atoms with van der Waals surface area (Å²) in [6, 6.07) is 7.16. The molecule has 5 aliphatic rings. The summed E-state index contributed by atoms with van der Waals surface area (Å²) in [5, 5.41) is 12.5. The molecule has 1 saturated heterocycles. The van der Waals surface area contributed by atoms with Crippen molar-refractivity contribution in [2.75, 3.05) is 31.1 Å². The highest BCUT2D eigenvalue weighted by atomic mass is 16.6. The summed E-state index contributed by atoms with van der Waals surface area (Å²) in [5.41, 5.74) is 1.27. The summed E-state index contributed by atoms with van der Waals surface area (Å²) in [7, 11) is 0. The number of amides is 1. The number of piperazine rings is 1. The van der Waals surface area contributed by atoms with Crippen molar-refractivity contribution in [3.63, 3.8) is 0 Å². The maximum Gasteiger partial charge on any atom is 0.301 e. The van der Waals surface area contributed by atoms with Crippen LogP contribution in [-0.2, 0) is 4.79 Å². The van der Waals surface area contributed by atoms with Gasteiger partial charge >= 0.3 is 5.69 Å². The van der Waals surface area contributed by atoms with E-state index in [2.05, 4.69) is 14.8 Å². The van der Waals surface area contributed by atoms with Crippen molar-refractivity contribution in [2.45, 2.75) is 38.5 Å². The number of pyridine rings is 1. The standard InChI is InChI=1S/C24H28N4O3/c29-23(24-13-16-10-17(14-24)12-18(11-16)15-24)27-8-6-26(7-9-27)21-4-3-20-19(2-1-5-25-20)22(21)28(30)31/h1-5,16-18H,6-15H2. The van der Waals surface area contributed by atoms with Gasteiger partial charge in [0.15, 0.2) is 0 Å². The molecule has 7 heteroatoms. The molecule has 1 aromatic carbocycles. The Morgan fingerprint density at radius 2 is 1.65 bits per heavy atom. The molecular weight excluding hydrogens is 392 g/mol. The van der Waals surface area contributed by atoms with E-state index in [1.807, 2.05) is 12.1 Å². The number of fused-ring (bicyclic) bond motifs is 1. The predicted octanol–water partition coefficient (Wildman–Crippen LogP) is 4.01. The Morgan fingerprint density at radius 1 is 1.00 bits per heavy atom. The number of carbonyl (C=O) groups is 1. The zero-order valence-corrected chi connectivity index (χ0v) is 17.7. The molecule has 2 aromatic rings. The second kappa shape index (κ2) is 6.90. The largest absolute Gasteiger partial charge is 0.362 e. The molecule has 7 nitrogen and oxygen atoms in total. The van der Waals surface area contributed by atoms with Crippen LogP contribution in [0.5, 0.6) is 0 Å². The number of anilines is 1. The van der Waals surface area contributed by atoms with Crippen molar-refractivity contribution in [1.82, 2.24) is 9.88 Å². The molecule has 0 N–H and O–H groups in total. The van der Waals surface area contributed by atoms with Crippen LogP contribution in [0, 0.1) is 33.3 Å². The minimum Gasteiger partial charge on any atom is -0.362 e. The average Bonchev–Trinajstić information content (AvgIpc) is 2.77. The molecule has 0 spiro atoms. The van der Waals surface area contributed by atoms with Crippen LogP contribution in [0.3, 0.4) is 0 Å². The molecule has 0 unspecified atom stereocenters. The fourth-order valence-corrected chi connectivity index (χ4v) is 7.43. The minimum absolute atomic E-state index is 0.114. The Morgan fingerprint density at radius 3 is 2.26 bits per heavy atom. The van der Waals surface area contributed by atoms with Crippen molar-refractivity contribution >= 4 is 28.2 Å². The van der Waals surface area contributed by atoms with Gasteiger partial charge in [-0.05, 0) is 80.5 Å². The number of nitrogens with zero attached hydrogens (tertiary/aromatic N) is 4. The molecule has 4 aliphatic carbocycles. The first-order valence-electron chi connectivity index (χ1n) is 11.6. The van der Waals surface area contributed by atoms with Crippen LogP contribution in [0.2, 0.25) is 0 Å². The highest BCUT2D eigenvalue weighted by Crippen LogP contribution is 2.60. The van der Waals surface area contributed by atoms with Gasteiger partial charge in [-0.25, -0.2) is 0 Å². The lowest BCUT2D eigenvalue weighted by Crippen LogP contribution is -2.58. The van der Waals surface area contributed by atoms with E-state index in [9.17, 15) is 14.9 Å². The van der Waals surface area contributed by atoms with Gasteiger partial charge in [-0.1, -0.05) is 0 Å². The molecule has 1 amide bonds. The first-order valence-corrected chi connectivity index (χ1v) is 11.6. The lowest BCUT2D eigenvalue weighted by molar-refractivity contribution is -0.382. The monoisotopic (exact) mass is 420 g/mol.